The van der Waals surface area contributed by atoms with Crippen LogP contribution in [0.2, 0.25) is 0 Å². The number of halogens is 1. The molecule has 0 spiro atoms. The van der Waals surface area contributed by atoms with Gasteiger partial charge in [0.1, 0.15) is 5.82 Å². The molecule has 1 heterocycles. The molecular formula is C20H24FN3O. The first-order valence-corrected chi connectivity index (χ1v) is 8.71. The third-order valence-electron chi connectivity index (χ3n) is 4.54. The van der Waals surface area contributed by atoms with Crippen LogP contribution in [-0.2, 0) is 4.79 Å². The van der Waals surface area contributed by atoms with Gasteiger partial charge in [-0.25, -0.2) is 4.39 Å². The van der Waals surface area contributed by atoms with E-state index in [4.69, 9.17) is 0 Å². The van der Waals surface area contributed by atoms with Crippen molar-refractivity contribution in [1.29, 1.82) is 0 Å². The number of hydrogen-bond acceptors (Lipinski definition) is 3. The summed E-state index contributed by atoms with van der Waals surface area (Å²) >= 11 is 0. The molecule has 2 aromatic rings. The Morgan fingerprint density at radius 1 is 1.00 bits per heavy atom. The van der Waals surface area contributed by atoms with E-state index >= 15 is 0 Å². The van der Waals surface area contributed by atoms with Crippen molar-refractivity contribution in [2.45, 2.75) is 13.3 Å². The highest BCUT2D eigenvalue weighted by molar-refractivity contribution is 5.77. The Kier molecular flexibility index (Phi) is 5.53. The van der Waals surface area contributed by atoms with Gasteiger partial charge in [0.15, 0.2) is 0 Å². The number of nitrogens with zero attached hydrogens (tertiary/aromatic N) is 2. The number of amides is 1. The number of carbonyl (C=O) groups excluding carboxylic acids is 1. The van der Waals surface area contributed by atoms with Gasteiger partial charge in [-0.2, -0.15) is 0 Å². The summed E-state index contributed by atoms with van der Waals surface area (Å²) in [5.41, 5.74) is 3.27. The number of carbonyl (C=O) groups is 1. The molecule has 1 aliphatic rings. The number of rotatable bonds is 5. The Morgan fingerprint density at radius 2 is 1.64 bits per heavy atom. The molecule has 0 saturated carbocycles. The van der Waals surface area contributed by atoms with Crippen LogP contribution in [0.1, 0.15) is 12.0 Å². The second-order valence-corrected chi connectivity index (χ2v) is 6.39. The Hall–Kier alpha value is -2.56. The summed E-state index contributed by atoms with van der Waals surface area (Å²) in [7, 11) is 0. The fraction of sp³-hybridized carbons (Fsp3) is 0.350. The zero-order valence-corrected chi connectivity index (χ0v) is 14.5. The minimum atomic E-state index is -0.223. The molecule has 5 heteroatoms. The Balaban J connectivity index is 1.42. The van der Waals surface area contributed by atoms with Gasteiger partial charge in [0.05, 0.1) is 0 Å². The van der Waals surface area contributed by atoms with Crippen LogP contribution in [0.25, 0.3) is 0 Å². The van der Waals surface area contributed by atoms with Gasteiger partial charge in [-0.1, -0.05) is 17.7 Å². The van der Waals surface area contributed by atoms with Gasteiger partial charge in [-0.15, -0.1) is 0 Å². The second kappa shape index (κ2) is 8.01. The Bertz CT molecular complexity index is 692. The fourth-order valence-electron chi connectivity index (χ4n) is 3.01. The van der Waals surface area contributed by atoms with Crippen molar-refractivity contribution in [2.75, 3.05) is 42.9 Å². The normalized spacial score (nSPS) is 14.5. The highest BCUT2D eigenvalue weighted by Gasteiger charge is 2.20. The molecule has 3 rings (SSSR count). The first kappa shape index (κ1) is 17.3. The summed E-state index contributed by atoms with van der Waals surface area (Å²) in [6.45, 7) is 5.67. The highest BCUT2D eigenvalue weighted by atomic mass is 19.1. The molecule has 0 aromatic heterocycles. The topological polar surface area (TPSA) is 35.6 Å². The van der Waals surface area contributed by atoms with Gasteiger partial charge in [0, 0.05) is 50.5 Å². The van der Waals surface area contributed by atoms with Gasteiger partial charge in [0.25, 0.3) is 0 Å². The van der Waals surface area contributed by atoms with E-state index in [1.165, 1.54) is 17.7 Å². The number of benzene rings is 2. The number of hydrogen-bond donors (Lipinski definition) is 1. The number of anilines is 2. The molecule has 0 atom stereocenters. The van der Waals surface area contributed by atoms with Gasteiger partial charge < -0.3 is 15.1 Å². The van der Waals surface area contributed by atoms with Crippen molar-refractivity contribution in [3.05, 3.63) is 59.9 Å². The van der Waals surface area contributed by atoms with Crippen molar-refractivity contribution in [3.63, 3.8) is 0 Å². The largest absolute Gasteiger partial charge is 0.385 e. The van der Waals surface area contributed by atoms with Crippen LogP contribution in [0.3, 0.4) is 0 Å². The second-order valence-electron chi connectivity index (χ2n) is 6.39. The molecule has 1 aliphatic heterocycles. The molecule has 1 saturated heterocycles. The summed E-state index contributed by atoms with van der Waals surface area (Å²) in [6.07, 6.45) is 0.491. The van der Waals surface area contributed by atoms with Crippen LogP contribution in [0.4, 0.5) is 15.8 Å². The molecule has 0 unspecified atom stereocenters. The van der Waals surface area contributed by atoms with Crippen LogP contribution >= 0.6 is 0 Å². The standard InChI is InChI=1S/C20H24FN3O/c1-16-2-6-18(7-3-16)22-11-10-20(25)24-14-12-23(13-15-24)19-8-4-17(21)5-9-19/h2-9,22H,10-15H2,1H3. The molecule has 1 amide bonds. The predicted octanol–water partition coefficient (Wildman–Crippen LogP) is 3.28. The SMILES string of the molecule is Cc1ccc(NCCC(=O)N2CCN(c3ccc(F)cc3)CC2)cc1. The van der Waals surface area contributed by atoms with Crippen LogP contribution in [-0.4, -0.2) is 43.5 Å². The third-order valence-corrected chi connectivity index (χ3v) is 4.54. The maximum atomic E-state index is 13.0. The molecule has 0 radical (unpaired) electrons. The lowest BCUT2D eigenvalue weighted by atomic mass is 10.2. The van der Waals surface area contributed by atoms with Crippen molar-refractivity contribution in [1.82, 2.24) is 4.90 Å². The summed E-state index contributed by atoms with van der Waals surface area (Å²) in [4.78, 5) is 16.4. The van der Waals surface area contributed by atoms with Crippen molar-refractivity contribution in [3.8, 4) is 0 Å². The zero-order valence-electron chi connectivity index (χ0n) is 14.5. The maximum Gasteiger partial charge on any atom is 0.224 e. The monoisotopic (exact) mass is 341 g/mol. The van der Waals surface area contributed by atoms with E-state index in [2.05, 4.69) is 29.3 Å². The molecule has 0 aliphatic carbocycles. The molecule has 0 bridgehead atoms. The van der Waals surface area contributed by atoms with Gasteiger partial charge in [-0.3, -0.25) is 4.79 Å². The van der Waals surface area contributed by atoms with Crippen molar-refractivity contribution >= 4 is 17.3 Å². The van der Waals surface area contributed by atoms with E-state index < -0.39 is 0 Å². The van der Waals surface area contributed by atoms with Gasteiger partial charge >= 0.3 is 0 Å². The Morgan fingerprint density at radius 3 is 2.28 bits per heavy atom. The van der Waals surface area contributed by atoms with Crippen molar-refractivity contribution in [2.24, 2.45) is 0 Å². The Labute approximate surface area is 148 Å². The lowest BCUT2D eigenvalue weighted by Gasteiger charge is -2.36. The first-order chi connectivity index (χ1) is 12.1. The minimum Gasteiger partial charge on any atom is -0.385 e. The lowest BCUT2D eigenvalue weighted by Crippen LogP contribution is -2.49. The average molecular weight is 341 g/mol. The molecular weight excluding hydrogens is 317 g/mol. The van der Waals surface area contributed by atoms with Crippen LogP contribution < -0.4 is 10.2 Å². The smallest absolute Gasteiger partial charge is 0.224 e. The van der Waals surface area contributed by atoms with Gasteiger partial charge in [-0.05, 0) is 43.3 Å². The fourth-order valence-corrected chi connectivity index (χ4v) is 3.01. The molecule has 132 valence electrons. The maximum absolute atomic E-state index is 13.0. The summed E-state index contributed by atoms with van der Waals surface area (Å²) in [5, 5.41) is 3.29. The minimum absolute atomic E-state index is 0.179. The van der Waals surface area contributed by atoms with E-state index in [0.29, 0.717) is 26.1 Å². The highest BCUT2D eigenvalue weighted by Crippen LogP contribution is 2.17. The van der Waals surface area contributed by atoms with E-state index in [1.807, 2.05) is 17.0 Å². The molecule has 1 N–H and O–H groups in total. The number of nitrogens with one attached hydrogen (secondary N) is 1. The zero-order chi connectivity index (χ0) is 17.6. The predicted molar refractivity (Wildman–Crippen MR) is 99.5 cm³/mol. The molecule has 2 aromatic carbocycles. The molecule has 4 nitrogen and oxygen atoms in total. The summed E-state index contributed by atoms with van der Waals surface area (Å²) < 4.78 is 13.0. The summed E-state index contributed by atoms with van der Waals surface area (Å²) in [5.74, 6) is -0.0444. The van der Waals surface area contributed by atoms with Crippen LogP contribution in [0.5, 0.6) is 0 Å². The van der Waals surface area contributed by atoms with E-state index in [0.717, 1.165) is 24.5 Å². The average Bonchev–Trinajstić information content (AvgIpc) is 2.64. The number of aryl methyl sites for hydroxylation is 1. The molecule has 1 fully saturated rings. The molecule has 25 heavy (non-hydrogen) atoms. The first-order valence-electron chi connectivity index (χ1n) is 8.71. The van der Waals surface area contributed by atoms with Crippen LogP contribution in [0, 0.1) is 12.7 Å². The van der Waals surface area contributed by atoms with E-state index in [9.17, 15) is 9.18 Å². The summed E-state index contributed by atoms with van der Waals surface area (Å²) in [6, 6.07) is 14.7. The third kappa shape index (κ3) is 4.72. The number of piperazine rings is 1. The van der Waals surface area contributed by atoms with E-state index in [1.54, 1.807) is 12.1 Å². The van der Waals surface area contributed by atoms with Crippen LogP contribution in [0.15, 0.2) is 48.5 Å². The van der Waals surface area contributed by atoms with E-state index in [-0.39, 0.29) is 11.7 Å². The lowest BCUT2D eigenvalue weighted by molar-refractivity contribution is -0.131. The van der Waals surface area contributed by atoms with Gasteiger partial charge in [0.2, 0.25) is 5.91 Å². The quantitative estimate of drug-likeness (QED) is 0.906. The van der Waals surface area contributed by atoms with Crippen molar-refractivity contribution < 1.29 is 9.18 Å².